The van der Waals surface area contributed by atoms with Crippen LogP contribution >= 0.6 is 0 Å². The number of nitrogens with zero attached hydrogens (tertiary/aromatic N) is 4. The zero-order chi connectivity index (χ0) is 26.3. The molecule has 0 fully saturated rings. The SMILES string of the molecule is CNC(=O)c1nc(C(F)(F)F)n2c1CN(C(=O)c1cccc(Cc3n[nH]c(=O)c4ccccc34)c1)CC2. The van der Waals surface area contributed by atoms with Gasteiger partial charge >= 0.3 is 6.18 Å². The summed E-state index contributed by atoms with van der Waals surface area (Å²) in [5, 5.41) is 10.2. The van der Waals surface area contributed by atoms with Crippen LogP contribution < -0.4 is 10.9 Å². The van der Waals surface area contributed by atoms with Crippen LogP contribution in [0.1, 0.15) is 43.6 Å². The van der Waals surface area contributed by atoms with Gasteiger partial charge in [0.25, 0.3) is 17.4 Å². The Balaban J connectivity index is 1.42. The molecule has 0 unspecified atom stereocenters. The van der Waals surface area contributed by atoms with Crippen LogP contribution in [0, 0.1) is 0 Å². The minimum Gasteiger partial charge on any atom is -0.354 e. The van der Waals surface area contributed by atoms with E-state index in [0.717, 1.165) is 10.1 Å². The van der Waals surface area contributed by atoms with Gasteiger partial charge in [-0.15, -0.1) is 0 Å². The molecule has 0 radical (unpaired) electrons. The van der Waals surface area contributed by atoms with Gasteiger partial charge in [-0.1, -0.05) is 30.3 Å². The van der Waals surface area contributed by atoms with Crippen LogP contribution in [-0.4, -0.2) is 50.1 Å². The lowest BCUT2D eigenvalue weighted by atomic mass is 10.0. The highest BCUT2D eigenvalue weighted by molar-refractivity contribution is 5.96. The maximum atomic E-state index is 13.5. The van der Waals surface area contributed by atoms with E-state index in [-0.39, 0.29) is 42.5 Å². The maximum Gasteiger partial charge on any atom is 0.449 e. The van der Waals surface area contributed by atoms with E-state index >= 15 is 0 Å². The van der Waals surface area contributed by atoms with E-state index in [1.807, 2.05) is 12.1 Å². The Kier molecular flexibility index (Phi) is 6.02. The smallest absolute Gasteiger partial charge is 0.354 e. The Labute approximate surface area is 207 Å². The number of hydrogen-bond donors (Lipinski definition) is 2. The molecule has 12 heteroatoms. The molecule has 4 aromatic rings. The number of carbonyl (C=O) groups excluding carboxylic acids is 2. The zero-order valence-electron chi connectivity index (χ0n) is 19.6. The molecule has 1 aliphatic rings. The minimum atomic E-state index is -4.73. The summed E-state index contributed by atoms with van der Waals surface area (Å²) in [6.07, 6.45) is -4.39. The van der Waals surface area contributed by atoms with E-state index in [0.29, 0.717) is 28.5 Å². The van der Waals surface area contributed by atoms with E-state index in [1.165, 1.54) is 11.9 Å². The van der Waals surface area contributed by atoms with E-state index in [4.69, 9.17) is 0 Å². The summed E-state index contributed by atoms with van der Waals surface area (Å²) in [6.45, 7) is -0.317. The number of rotatable bonds is 4. The first-order chi connectivity index (χ1) is 17.7. The highest BCUT2D eigenvalue weighted by Crippen LogP contribution is 2.32. The second kappa shape index (κ2) is 9.19. The van der Waals surface area contributed by atoms with Crippen molar-refractivity contribution in [3.8, 4) is 0 Å². The van der Waals surface area contributed by atoms with Crippen LogP contribution in [0.15, 0.2) is 53.3 Å². The molecule has 2 N–H and O–H groups in total. The van der Waals surface area contributed by atoms with Gasteiger partial charge in [0, 0.05) is 37.5 Å². The molecule has 2 amide bonds. The van der Waals surface area contributed by atoms with Crippen LogP contribution in [0.25, 0.3) is 10.8 Å². The number of carbonyl (C=O) groups is 2. The van der Waals surface area contributed by atoms with Gasteiger partial charge in [0.15, 0.2) is 5.69 Å². The summed E-state index contributed by atoms with van der Waals surface area (Å²) in [5.74, 6) is -2.29. The molecule has 0 bridgehead atoms. The lowest BCUT2D eigenvalue weighted by Gasteiger charge is -2.29. The van der Waals surface area contributed by atoms with Crippen LogP contribution in [-0.2, 0) is 25.7 Å². The van der Waals surface area contributed by atoms with Crippen molar-refractivity contribution in [2.75, 3.05) is 13.6 Å². The summed E-state index contributed by atoms with van der Waals surface area (Å²) in [5.41, 5.74) is 1.14. The predicted octanol–water partition coefficient (Wildman–Crippen LogP) is 2.74. The van der Waals surface area contributed by atoms with E-state index in [9.17, 15) is 27.6 Å². The van der Waals surface area contributed by atoms with Crippen LogP contribution in [0.3, 0.4) is 0 Å². The molecule has 0 saturated carbocycles. The Morgan fingerprint density at radius 2 is 1.84 bits per heavy atom. The third-order valence-corrected chi connectivity index (χ3v) is 6.31. The van der Waals surface area contributed by atoms with Crippen LogP contribution in [0.5, 0.6) is 0 Å². The number of aromatic nitrogens is 4. The molecule has 9 nitrogen and oxygen atoms in total. The molecule has 2 aromatic heterocycles. The Bertz CT molecular complexity index is 1590. The van der Waals surface area contributed by atoms with Gasteiger partial charge in [-0.2, -0.15) is 18.3 Å². The molecule has 3 heterocycles. The van der Waals surface area contributed by atoms with Gasteiger partial charge < -0.3 is 14.8 Å². The average molecular weight is 510 g/mol. The molecule has 190 valence electrons. The quantitative estimate of drug-likeness (QED) is 0.439. The van der Waals surface area contributed by atoms with Crippen molar-refractivity contribution in [2.24, 2.45) is 0 Å². The third-order valence-electron chi connectivity index (χ3n) is 6.31. The zero-order valence-corrected chi connectivity index (χ0v) is 19.6. The van der Waals surface area contributed by atoms with Gasteiger partial charge in [0.05, 0.1) is 23.3 Å². The van der Waals surface area contributed by atoms with Gasteiger partial charge in [-0.25, -0.2) is 10.1 Å². The van der Waals surface area contributed by atoms with Crippen molar-refractivity contribution in [1.82, 2.24) is 30.0 Å². The van der Waals surface area contributed by atoms with E-state index in [1.54, 1.807) is 36.4 Å². The normalized spacial score (nSPS) is 13.5. The van der Waals surface area contributed by atoms with Gasteiger partial charge in [0.2, 0.25) is 5.82 Å². The van der Waals surface area contributed by atoms with Gasteiger partial charge in [-0.05, 0) is 23.8 Å². The summed E-state index contributed by atoms with van der Waals surface area (Å²) < 4.78 is 41.5. The number of aromatic amines is 1. The fourth-order valence-corrected chi connectivity index (χ4v) is 4.55. The monoisotopic (exact) mass is 510 g/mol. The molecular weight excluding hydrogens is 489 g/mol. The summed E-state index contributed by atoms with van der Waals surface area (Å²) in [4.78, 5) is 42.6. The van der Waals surface area contributed by atoms with Crippen molar-refractivity contribution >= 4 is 22.6 Å². The number of benzene rings is 2. The number of imidazole rings is 1. The Hall–Kier alpha value is -4.48. The highest BCUT2D eigenvalue weighted by atomic mass is 19.4. The lowest BCUT2D eigenvalue weighted by molar-refractivity contribution is -0.147. The second-order valence-electron chi connectivity index (χ2n) is 8.61. The van der Waals surface area contributed by atoms with Crippen molar-refractivity contribution < 1.29 is 22.8 Å². The first kappa shape index (κ1) is 24.2. The van der Waals surface area contributed by atoms with Crippen molar-refractivity contribution in [1.29, 1.82) is 0 Å². The predicted molar refractivity (Wildman–Crippen MR) is 127 cm³/mol. The topological polar surface area (TPSA) is 113 Å². The molecule has 0 saturated heterocycles. The second-order valence-corrected chi connectivity index (χ2v) is 8.61. The van der Waals surface area contributed by atoms with Crippen molar-refractivity contribution in [3.05, 3.63) is 92.9 Å². The number of hydrogen-bond acceptors (Lipinski definition) is 5. The van der Waals surface area contributed by atoms with Crippen LogP contribution in [0.4, 0.5) is 13.2 Å². The molecule has 0 spiro atoms. The van der Waals surface area contributed by atoms with Crippen molar-refractivity contribution in [3.63, 3.8) is 0 Å². The van der Waals surface area contributed by atoms with Crippen molar-refractivity contribution in [2.45, 2.75) is 25.7 Å². The third kappa shape index (κ3) is 4.46. The molecule has 2 aromatic carbocycles. The van der Waals surface area contributed by atoms with Gasteiger partial charge in [0.1, 0.15) is 0 Å². The first-order valence-corrected chi connectivity index (χ1v) is 11.4. The Morgan fingerprint density at radius 3 is 2.57 bits per heavy atom. The number of amides is 2. The van der Waals surface area contributed by atoms with E-state index < -0.39 is 17.9 Å². The maximum absolute atomic E-state index is 13.5. The fraction of sp³-hybridized carbons (Fsp3) is 0.240. The van der Waals surface area contributed by atoms with Crippen LogP contribution in [0.2, 0.25) is 0 Å². The lowest BCUT2D eigenvalue weighted by Crippen LogP contribution is -2.39. The number of alkyl halides is 3. The largest absolute Gasteiger partial charge is 0.449 e. The molecule has 5 rings (SSSR count). The minimum absolute atomic E-state index is 0.0226. The summed E-state index contributed by atoms with van der Waals surface area (Å²) in [7, 11) is 1.30. The standard InChI is InChI=1S/C25H21F3N6O3/c1-29-22(36)20-19-13-33(9-10-34(19)24(30-20)25(26,27)28)23(37)15-6-4-5-14(11-15)12-18-16-7-2-3-8-17(16)21(35)32-31-18/h2-8,11H,9-10,12-13H2,1H3,(H,29,36)(H,32,35). The molecule has 0 aliphatic carbocycles. The van der Waals surface area contributed by atoms with Gasteiger partial charge in [-0.3, -0.25) is 14.4 Å². The molecule has 1 aliphatic heterocycles. The average Bonchev–Trinajstić information content (AvgIpc) is 3.29. The molecule has 0 atom stereocenters. The molecule has 37 heavy (non-hydrogen) atoms. The number of nitrogens with one attached hydrogen (secondary N) is 2. The number of H-pyrrole nitrogens is 1. The fourth-order valence-electron chi connectivity index (χ4n) is 4.55. The Morgan fingerprint density at radius 1 is 1.08 bits per heavy atom. The molecular formula is C25H21F3N6O3. The summed E-state index contributed by atoms with van der Waals surface area (Å²) in [6, 6.07) is 13.9. The first-order valence-electron chi connectivity index (χ1n) is 11.4. The van der Waals surface area contributed by atoms with E-state index in [2.05, 4.69) is 20.5 Å². The number of halogens is 3. The summed E-state index contributed by atoms with van der Waals surface area (Å²) >= 11 is 0. The number of fused-ring (bicyclic) bond motifs is 2. The highest BCUT2D eigenvalue weighted by Gasteiger charge is 2.41.